The van der Waals surface area contributed by atoms with Crippen LogP contribution in [0.1, 0.15) is 192 Å². The van der Waals surface area contributed by atoms with E-state index in [2.05, 4.69) is 60.5 Å². The third kappa shape index (κ3) is 19.0. The van der Waals surface area contributed by atoms with E-state index in [4.69, 9.17) is 38.4 Å². The Morgan fingerprint density at radius 1 is 0.627 bits per heavy atom. The number of anilines is 2. The lowest BCUT2D eigenvalue weighted by Crippen LogP contribution is -2.45. The molecular formula is C81H96F2N6O13. The number of hydrogen-bond acceptors (Lipinski definition) is 15. The van der Waals surface area contributed by atoms with Crippen molar-refractivity contribution in [3.05, 3.63) is 153 Å². The minimum Gasteiger partial charge on any atom is -0.468 e. The van der Waals surface area contributed by atoms with E-state index in [1.807, 2.05) is 136 Å². The van der Waals surface area contributed by atoms with Crippen molar-refractivity contribution in [1.29, 1.82) is 0 Å². The predicted molar refractivity (Wildman–Crippen MR) is 388 cm³/mol. The highest BCUT2D eigenvalue weighted by atomic mass is 19.1. The van der Waals surface area contributed by atoms with Crippen molar-refractivity contribution in [1.82, 2.24) is 20.6 Å². The molecule has 5 heterocycles. The van der Waals surface area contributed by atoms with Crippen molar-refractivity contribution >= 4 is 59.4 Å². The van der Waals surface area contributed by atoms with E-state index < -0.39 is 53.0 Å². The third-order valence-corrected chi connectivity index (χ3v) is 17.9. The normalized spacial score (nSPS) is 19.3. The Morgan fingerprint density at radius 3 is 1.50 bits per heavy atom. The largest absolute Gasteiger partial charge is 0.468 e. The number of halogens is 2. The lowest BCUT2D eigenvalue weighted by Gasteiger charge is -2.40. The molecule has 3 saturated heterocycles. The number of amides is 5. The van der Waals surface area contributed by atoms with Crippen LogP contribution >= 0.6 is 0 Å². The van der Waals surface area contributed by atoms with Gasteiger partial charge in [-0.3, -0.25) is 29.1 Å². The molecule has 0 saturated carbocycles. The van der Waals surface area contributed by atoms with E-state index >= 15 is 0 Å². The summed E-state index contributed by atoms with van der Waals surface area (Å²) in [4.78, 5) is 86.2. The molecule has 21 heteroatoms. The van der Waals surface area contributed by atoms with Gasteiger partial charge in [-0.2, -0.15) is 0 Å². The number of aromatic nitrogens is 2. The number of carbonyl (C=O) groups is 6. The van der Waals surface area contributed by atoms with Crippen LogP contribution in [0.3, 0.4) is 0 Å². The second kappa shape index (κ2) is 31.3. The summed E-state index contributed by atoms with van der Waals surface area (Å²) in [6.07, 6.45) is 12.4. The van der Waals surface area contributed by atoms with Crippen molar-refractivity contribution in [2.45, 2.75) is 220 Å². The summed E-state index contributed by atoms with van der Waals surface area (Å²) in [5, 5.41) is 7.90. The van der Waals surface area contributed by atoms with Gasteiger partial charge >= 0.3 is 30.0 Å². The monoisotopic (exact) mass is 1400 g/mol. The molecule has 5 aliphatic rings. The number of hydrogen-bond donors (Lipinski definition) is 3. The number of methoxy groups -OCH3 is 1. The highest BCUT2D eigenvalue weighted by Gasteiger charge is 2.39. The molecule has 19 nitrogen and oxygen atoms in total. The Kier molecular flexibility index (Phi) is 23.2. The molecule has 0 unspecified atom stereocenters. The van der Waals surface area contributed by atoms with Gasteiger partial charge in [0.1, 0.15) is 29.4 Å². The lowest BCUT2D eigenvalue weighted by molar-refractivity contribution is -0.291. The Hall–Kier alpha value is -9.02. The van der Waals surface area contributed by atoms with E-state index in [1.54, 1.807) is 6.07 Å². The number of carbonyl (C=O) groups excluding carboxylic acids is 6. The molecule has 0 bridgehead atoms. The molecule has 4 atom stereocenters. The Morgan fingerprint density at radius 2 is 1.08 bits per heavy atom. The summed E-state index contributed by atoms with van der Waals surface area (Å²) in [5.41, 5.74) is 15.1. The summed E-state index contributed by atoms with van der Waals surface area (Å²) < 4.78 is 69.2. The molecule has 102 heavy (non-hydrogen) atoms. The second-order valence-corrected chi connectivity index (χ2v) is 30.1. The van der Waals surface area contributed by atoms with Gasteiger partial charge in [-0.25, -0.2) is 23.3 Å². The van der Waals surface area contributed by atoms with Crippen LogP contribution in [0.15, 0.2) is 97.1 Å². The number of imide groups is 1. The van der Waals surface area contributed by atoms with Gasteiger partial charge in [-0.1, -0.05) is 88.4 Å². The van der Waals surface area contributed by atoms with Crippen LogP contribution in [0.2, 0.25) is 0 Å². The number of rotatable bonds is 16. The molecule has 11 rings (SSSR count). The number of esters is 3. The summed E-state index contributed by atoms with van der Waals surface area (Å²) in [6.45, 7) is 26.6. The Balaban J connectivity index is 0.000000220. The molecule has 5 amide bonds. The standard InChI is InChI=1S/C41H50FN3O7.C40H46FN3O6/c1-24(2)37-33(19-17-29-21-30(51-41(6,7)50-29)22-34(46)52-40(3,4)5)36(25-12-14-27(42)15-13-25)32-11-9-10-26-20-28(16-18-31(26)38(32)45-37)44-39(48)43-23-35(47)49-8;1-23(2)36-32(18-16-28-20-29(49-40(6,7)48-28)21-34(46)50-39(3,4)5)35(24-11-13-26(41)14-12-24)31-10-8-9-25-19-27(15-17-30(25)37(31)43-36)44-33(45)22-42-38(44)47/h12-20,24,29-30H,9-11,21-23H2,1-8H3,(H2,43,44,48);11-19,23,28-29H,8-10,20-22H2,1-7H3,(H,42,47)/b19-17+;18-16+/t29-,30-;28-,29-/m11/s1. The van der Waals surface area contributed by atoms with E-state index in [1.165, 1.54) is 36.3 Å². The molecule has 6 aromatic rings. The van der Waals surface area contributed by atoms with Crippen molar-refractivity contribution < 1.29 is 70.7 Å². The first-order valence-electron chi connectivity index (χ1n) is 35.3. The van der Waals surface area contributed by atoms with E-state index in [0.29, 0.717) is 24.2 Å². The molecular weight excluding hydrogens is 1300 g/mol. The van der Waals surface area contributed by atoms with Gasteiger partial charge in [0.2, 0.25) is 0 Å². The summed E-state index contributed by atoms with van der Waals surface area (Å²) >= 11 is 0. The van der Waals surface area contributed by atoms with Gasteiger partial charge in [-0.15, -0.1) is 0 Å². The molecule has 0 radical (unpaired) electrons. The number of pyridine rings is 2. The van der Waals surface area contributed by atoms with Gasteiger partial charge in [0.15, 0.2) is 11.6 Å². The predicted octanol–water partition coefficient (Wildman–Crippen LogP) is 16.0. The molecule has 4 aromatic carbocycles. The molecule has 0 spiro atoms. The molecule has 2 aliphatic carbocycles. The lowest BCUT2D eigenvalue weighted by atomic mass is 9.86. The van der Waals surface area contributed by atoms with E-state index in [-0.39, 0.29) is 79.5 Å². The maximum Gasteiger partial charge on any atom is 0.329 e. The maximum atomic E-state index is 14.3. The molecule has 542 valence electrons. The van der Waals surface area contributed by atoms with E-state index in [9.17, 15) is 37.5 Å². The highest BCUT2D eigenvalue weighted by Crippen LogP contribution is 2.46. The quantitative estimate of drug-likeness (QED) is 0.0465. The van der Waals surface area contributed by atoms with Crippen molar-refractivity contribution in [3.63, 3.8) is 0 Å². The highest BCUT2D eigenvalue weighted by molar-refractivity contribution is 6.20. The van der Waals surface area contributed by atoms with Gasteiger partial charge in [0, 0.05) is 40.8 Å². The van der Waals surface area contributed by atoms with Gasteiger partial charge in [0.05, 0.1) is 79.4 Å². The average Bonchev–Trinajstić information content (AvgIpc) is 1.31. The summed E-state index contributed by atoms with van der Waals surface area (Å²) in [5.74, 6) is -3.89. The number of nitrogens with zero attached hydrogens (tertiary/aromatic N) is 3. The fraction of sp³-hybridized carbons (Fsp3) is 0.457. The maximum absolute atomic E-state index is 14.3. The van der Waals surface area contributed by atoms with Crippen LogP contribution in [-0.4, -0.2) is 113 Å². The van der Waals surface area contributed by atoms with E-state index in [0.717, 1.165) is 128 Å². The van der Waals surface area contributed by atoms with Crippen LogP contribution < -0.4 is 20.9 Å². The zero-order valence-electron chi connectivity index (χ0n) is 61.2. The van der Waals surface area contributed by atoms with Crippen LogP contribution in [0.5, 0.6) is 0 Å². The van der Waals surface area contributed by atoms with Crippen molar-refractivity contribution in [2.24, 2.45) is 0 Å². The van der Waals surface area contributed by atoms with Crippen LogP contribution in [0, 0.1) is 11.6 Å². The Bertz CT molecular complexity index is 4190. The van der Waals surface area contributed by atoms with Crippen LogP contribution in [-0.2, 0) is 78.0 Å². The Labute approximate surface area is 596 Å². The number of aryl methyl sites for hydroxylation is 2. The summed E-state index contributed by atoms with van der Waals surface area (Å²) in [7, 11) is 1.26. The molecule has 3 N–H and O–H groups in total. The number of ether oxygens (including phenoxy) is 7. The molecule has 2 aromatic heterocycles. The van der Waals surface area contributed by atoms with Crippen molar-refractivity contribution in [3.8, 4) is 44.8 Å². The first kappa shape index (κ1) is 75.6. The van der Waals surface area contributed by atoms with Gasteiger partial charge < -0.3 is 49.1 Å². The van der Waals surface area contributed by atoms with Crippen molar-refractivity contribution in [2.75, 3.05) is 30.4 Å². The SMILES string of the molecule is CC(C)c1nc2c(c(-c3ccc(F)cc3)c1/C=C/[C@@H]1C[C@H](CC(=O)OC(C)(C)C)OC(C)(C)O1)CCCc1cc(N3C(=O)CNC3=O)ccc1-2.COC(=O)CNC(=O)Nc1ccc2c(c1)CCCc1c-2nc(C(C)C)c(/C=C/[C@@H]2C[C@H](CC(=O)OC(C)(C)C)OC(C)(C)O2)c1-c1ccc(F)cc1. The first-order valence-corrected chi connectivity index (χ1v) is 35.3. The van der Waals surface area contributed by atoms with Crippen LogP contribution in [0.25, 0.3) is 56.9 Å². The zero-order chi connectivity index (χ0) is 73.8. The smallest absolute Gasteiger partial charge is 0.329 e. The summed E-state index contributed by atoms with van der Waals surface area (Å²) in [6, 6.07) is 23.6. The number of nitrogens with one attached hydrogen (secondary N) is 3. The number of urea groups is 2. The first-order chi connectivity index (χ1) is 48.1. The minimum absolute atomic E-state index is 0.0177. The van der Waals surface area contributed by atoms with Gasteiger partial charge in [-0.05, 0) is 213 Å². The molecule has 3 fully saturated rings. The van der Waals surface area contributed by atoms with Gasteiger partial charge in [0.25, 0.3) is 5.91 Å². The average molecular weight is 1400 g/mol. The fourth-order valence-electron chi connectivity index (χ4n) is 13.9. The number of fused-ring (bicyclic) bond motifs is 6. The second-order valence-electron chi connectivity index (χ2n) is 30.1. The third-order valence-electron chi connectivity index (χ3n) is 17.9. The topological polar surface area (TPSA) is 232 Å². The number of benzene rings is 4. The van der Waals surface area contributed by atoms with Crippen LogP contribution in [0.4, 0.5) is 29.7 Å². The fourth-order valence-corrected chi connectivity index (χ4v) is 13.9. The zero-order valence-corrected chi connectivity index (χ0v) is 61.2. The minimum atomic E-state index is -0.925. The molecule has 3 aliphatic heterocycles.